The summed E-state index contributed by atoms with van der Waals surface area (Å²) < 4.78 is 2.33. The van der Waals surface area contributed by atoms with E-state index in [9.17, 15) is 0 Å². The van der Waals surface area contributed by atoms with Crippen molar-refractivity contribution in [1.29, 1.82) is 0 Å². The molecule has 1 fully saturated rings. The molecular weight excluding hydrogens is 234 g/mol. The molecule has 2 aromatic rings. The van der Waals surface area contributed by atoms with Crippen molar-refractivity contribution in [1.82, 2.24) is 14.9 Å². The number of hydrogen-bond donors (Lipinski definition) is 1. The van der Waals surface area contributed by atoms with Crippen molar-refractivity contribution in [2.75, 3.05) is 13.1 Å². The van der Waals surface area contributed by atoms with Gasteiger partial charge in [0.15, 0.2) is 0 Å². The molecule has 0 aliphatic carbocycles. The van der Waals surface area contributed by atoms with E-state index in [0.717, 1.165) is 18.6 Å². The number of nitrogens with one attached hydrogen (secondary N) is 1. The van der Waals surface area contributed by atoms with Gasteiger partial charge in [-0.05, 0) is 37.9 Å². The Labute approximate surface area is 115 Å². The number of fused-ring (bicyclic) bond motifs is 1. The standard InChI is InChI=1S/C16H23N3/c1-4-8-16(9-10-17-11-16)15-18-13-7-5-6-12(2)14(13)19(15)3/h5-7,17H,4,8-11H2,1-3H3. The largest absolute Gasteiger partial charge is 0.330 e. The Kier molecular flexibility index (Phi) is 3.09. The van der Waals surface area contributed by atoms with Gasteiger partial charge < -0.3 is 9.88 Å². The average Bonchev–Trinajstić information content (AvgIpc) is 2.97. The van der Waals surface area contributed by atoms with Crippen molar-refractivity contribution in [2.45, 2.75) is 38.5 Å². The monoisotopic (exact) mass is 257 g/mol. The zero-order valence-corrected chi connectivity index (χ0v) is 12.2. The van der Waals surface area contributed by atoms with Crippen LogP contribution in [0.5, 0.6) is 0 Å². The Hall–Kier alpha value is -1.35. The van der Waals surface area contributed by atoms with Gasteiger partial charge >= 0.3 is 0 Å². The van der Waals surface area contributed by atoms with Gasteiger partial charge in [0.05, 0.1) is 11.0 Å². The predicted octanol–water partition coefficient (Wildman–Crippen LogP) is 2.91. The fraction of sp³-hybridized carbons (Fsp3) is 0.562. The van der Waals surface area contributed by atoms with E-state index in [-0.39, 0.29) is 5.41 Å². The van der Waals surface area contributed by atoms with Gasteiger partial charge in [0.2, 0.25) is 0 Å². The first-order valence-electron chi connectivity index (χ1n) is 7.31. The first-order valence-corrected chi connectivity index (χ1v) is 7.31. The number of para-hydroxylation sites is 1. The number of nitrogens with zero attached hydrogens (tertiary/aromatic N) is 2. The van der Waals surface area contributed by atoms with Crippen molar-refractivity contribution in [3.63, 3.8) is 0 Å². The third-order valence-corrected chi connectivity index (χ3v) is 4.54. The number of benzene rings is 1. The molecular formula is C16H23N3. The van der Waals surface area contributed by atoms with E-state index >= 15 is 0 Å². The molecule has 1 saturated heterocycles. The van der Waals surface area contributed by atoms with Crippen molar-refractivity contribution in [2.24, 2.45) is 7.05 Å². The molecule has 0 radical (unpaired) electrons. The van der Waals surface area contributed by atoms with E-state index in [4.69, 9.17) is 4.98 Å². The Morgan fingerprint density at radius 1 is 1.42 bits per heavy atom. The first-order chi connectivity index (χ1) is 9.18. The predicted molar refractivity (Wildman–Crippen MR) is 79.5 cm³/mol. The highest BCUT2D eigenvalue weighted by atomic mass is 15.1. The van der Waals surface area contributed by atoms with Crippen LogP contribution in [0.15, 0.2) is 18.2 Å². The van der Waals surface area contributed by atoms with Crippen LogP contribution < -0.4 is 5.32 Å². The second-order valence-electron chi connectivity index (χ2n) is 5.89. The summed E-state index contributed by atoms with van der Waals surface area (Å²) in [4.78, 5) is 4.97. The van der Waals surface area contributed by atoms with Crippen LogP contribution >= 0.6 is 0 Å². The summed E-state index contributed by atoms with van der Waals surface area (Å²) in [6, 6.07) is 6.41. The summed E-state index contributed by atoms with van der Waals surface area (Å²) in [7, 11) is 2.17. The topological polar surface area (TPSA) is 29.9 Å². The molecule has 1 aromatic heterocycles. The summed E-state index contributed by atoms with van der Waals surface area (Å²) in [6.45, 7) is 6.63. The maximum Gasteiger partial charge on any atom is 0.117 e. The van der Waals surface area contributed by atoms with E-state index in [1.54, 1.807) is 0 Å². The van der Waals surface area contributed by atoms with Gasteiger partial charge in [-0.3, -0.25) is 0 Å². The van der Waals surface area contributed by atoms with Gasteiger partial charge in [0.1, 0.15) is 5.82 Å². The molecule has 1 unspecified atom stereocenters. The van der Waals surface area contributed by atoms with Crippen LogP contribution in [0.3, 0.4) is 0 Å². The van der Waals surface area contributed by atoms with Crippen LogP contribution in [0.2, 0.25) is 0 Å². The van der Waals surface area contributed by atoms with Gasteiger partial charge in [0.25, 0.3) is 0 Å². The normalized spacial score (nSPS) is 23.3. The fourth-order valence-corrected chi connectivity index (χ4v) is 3.68. The molecule has 2 heterocycles. The molecule has 1 aliphatic heterocycles. The minimum Gasteiger partial charge on any atom is -0.330 e. The number of imidazole rings is 1. The third-order valence-electron chi connectivity index (χ3n) is 4.54. The van der Waals surface area contributed by atoms with Crippen molar-refractivity contribution < 1.29 is 0 Å². The van der Waals surface area contributed by atoms with Crippen LogP contribution in [0, 0.1) is 6.92 Å². The zero-order chi connectivity index (χ0) is 13.5. The minimum atomic E-state index is 0.231. The van der Waals surface area contributed by atoms with E-state index in [2.05, 4.69) is 49.0 Å². The van der Waals surface area contributed by atoms with Crippen LogP contribution in [0.25, 0.3) is 11.0 Å². The Morgan fingerprint density at radius 3 is 2.89 bits per heavy atom. The first kappa shape index (κ1) is 12.7. The molecule has 0 amide bonds. The highest BCUT2D eigenvalue weighted by molar-refractivity contribution is 5.79. The minimum absolute atomic E-state index is 0.231. The van der Waals surface area contributed by atoms with Gasteiger partial charge in [-0.2, -0.15) is 0 Å². The molecule has 1 atom stereocenters. The molecule has 0 saturated carbocycles. The van der Waals surface area contributed by atoms with Crippen molar-refractivity contribution >= 4 is 11.0 Å². The number of rotatable bonds is 3. The molecule has 1 aromatic carbocycles. The second kappa shape index (κ2) is 4.64. The summed E-state index contributed by atoms with van der Waals surface area (Å²) in [6.07, 6.45) is 3.64. The van der Waals surface area contributed by atoms with Crippen LogP contribution in [-0.4, -0.2) is 22.6 Å². The third kappa shape index (κ3) is 1.88. The molecule has 1 N–H and O–H groups in total. The maximum atomic E-state index is 4.97. The second-order valence-corrected chi connectivity index (χ2v) is 5.89. The van der Waals surface area contributed by atoms with Crippen LogP contribution in [0.1, 0.15) is 37.6 Å². The molecule has 102 valence electrons. The molecule has 1 aliphatic rings. The quantitative estimate of drug-likeness (QED) is 0.916. The van der Waals surface area contributed by atoms with Gasteiger partial charge in [-0.1, -0.05) is 25.5 Å². The van der Waals surface area contributed by atoms with E-state index in [1.165, 1.54) is 36.2 Å². The van der Waals surface area contributed by atoms with E-state index in [0.29, 0.717) is 0 Å². The molecule has 3 nitrogen and oxygen atoms in total. The highest BCUT2D eigenvalue weighted by Crippen LogP contribution is 2.36. The molecule has 19 heavy (non-hydrogen) atoms. The van der Waals surface area contributed by atoms with Gasteiger partial charge in [-0.15, -0.1) is 0 Å². The average molecular weight is 257 g/mol. The smallest absolute Gasteiger partial charge is 0.117 e. The lowest BCUT2D eigenvalue weighted by molar-refractivity contribution is 0.393. The van der Waals surface area contributed by atoms with E-state index in [1.807, 2.05) is 0 Å². The Morgan fingerprint density at radius 2 is 2.26 bits per heavy atom. The van der Waals surface area contributed by atoms with Gasteiger partial charge in [-0.25, -0.2) is 4.98 Å². The molecule has 0 bridgehead atoms. The summed E-state index contributed by atoms with van der Waals surface area (Å²) in [5, 5.41) is 3.53. The van der Waals surface area contributed by atoms with Crippen molar-refractivity contribution in [3.8, 4) is 0 Å². The lowest BCUT2D eigenvalue weighted by atomic mass is 9.81. The molecule has 0 spiro atoms. The van der Waals surface area contributed by atoms with Crippen LogP contribution in [-0.2, 0) is 12.5 Å². The summed E-state index contributed by atoms with van der Waals surface area (Å²) in [5.41, 5.74) is 3.98. The number of hydrogen-bond acceptors (Lipinski definition) is 2. The maximum absolute atomic E-state index is 4.97. The Bertz CT molecular complexity index is 591. The zero-order valence-electron chi connectivity index (χ0n) is 12.2. The summed E-state index contributed by atoms with van der Waals surface area (Å²) in [5.74, 6) is 1.27. The fourth-order valence-electron chi connectivity index (χ4n) is 3.68. The number of aryl methyl sites for hydroxylation is 2. The lowest BCUT2D eigenvalue weighted by Gasteiger charge is -2.27. The highest BCUT2D eigenvalue weighted by Gasteiger charge is 2.38. The SMILES string of the molecule is CCCC1(c2nc3cccc(C)c3n2C)CCNC1. The van der Waals surface area contributed by atoms with Crippen LogP contribution in [0.4, 0.5) is 0 Å². The van der Waals surface area contributed by atoms with E-state index < -0.39 is 0 Å². The van der Waals surface area contributed by atoms with Gasteiger partial charge in [0, 0.05) is 19.0 Å². The molecule has 3 heteroatoms. The Balaban J connectivity index is 2.19. The molecule has 3 rings (SSSR count). The van der Waals surface area contributed by atoms with Crippen molar-refractivity contribution in [3.05, 3.63) is 29.6 Å². The lowest BCUT2D eigenvalue weighted by Crippen LogP contribution is -2.32. The summed E-state index contributed by atoms with van der Waals surface area (Å²) >= 11 is 0. The number of aromatic nitrogens is 2.